The molecule has 2 N–H and O–H groups in total. The van der Waals surface area contributed by atoms with Gasteiger partial charge in [0, 0.05) is 29.1 Å². The van der Waals surface area contributed by atoms with Gasteiger partial charge in [0.2, 0.25) is 5.91 Å². The fraction of sp³-hybridized carbons (Fsp3) is 0.250. The summed E-state index contributed by atoms with van der Waals surface area (Å²) in [6, 6.07) is 11.0. The lowest BCUT2D eigenvalue weighted by Gasteiger charge is -2.16. The topological polar surface area (TPSA) is 44.9 Å². The number of amides is 1. The lowest BCUT2D eigenvalue weighted by molar-refractivity contribution is -0.120. The summed E-state index contributed by atoms with van der Waals surface area (Å²) in [5.41, 5.74) is 2.15. The van der Waals surface area contributed by atoms with Gasteiger partial charge in [0.25, 0.3) is 0 Å². The number of fused-ring (bicyclic) bond motifs is 1. The number of hydrogen-bond donors (Lipinski definition) is 2. The van der Waals surface area contributed by atoms with Crippen LogP contribution in [0, 0.1) is 11.6 Å². The molecule has 0 bridgehead atoms. The molecule has 0 unspecified atom stereocenters. The quantitative estimate of drug-likeness (QED) is 0.728. The van der Waals surface area contributed by atoms with Gasteiger partial charge in [-0.2, -0.15) is 0 Å². The molecular weight excluding hydrogens is 322 g/mol. The monoisotopic (exact) mass is 340 g/mol. The average molecular weight is 340 g/mol. The maximum Gasteiger partial charge on any atom is 0.224 e. The van der Waals surface area contributed by atoms with Crippen LogP contribution in [0.1, 0.15) is 24.0 Å². The van der Waals surface area contributed by atoms with Gasteiger partial charge in [0.05, 0.1) is 6.42 Å². The second kappa shape index (κ2) is 5.99. The van der Waals surface area contributed by atoms with Crippen molar-refractivity contribution in [2.45, 2.75) is 24.7 Å². The van der Waals surface area contributed by atoms with E-state index >= 15 is 0 Å². The zero-order valence-electron chi connectivity index (χ0n) is 13.6. The summed E-state index contributed by atoms with van der Waals surface area (Å²) in [6.07, 6.45) is 3.87. The smallest absolute Gasteiger partial charge is 0.224 e. The highest BCUT2D eigenvalue weighted by Crippen LogP contribution is 2.50. The summed E-state index contributed by atoms with van der Waals surface area (Å²) in [5.74, 6) is -0.830. The van der Waals surface area contributed by atoms with Gasteiger partial charge in [0.1, 0.15) is 11.6 Å². The van der Waals surface area contributed by atoms with Gasteiger partial charge in [0.15, 0.2) is 0 Å². The molecule has 2 aromatic carbocycles. The number of aromatic nitrogens is 1. The number of nitrogens with one attached hydrogen (secondary N) is 2. The summed E-state index contributed by atoms with van der Waals surface area (Å²) in [7, 11) is 0. The predicted molar refractivity (Wildman–Crippen MR) is 92.3 cm³/mol. The van der Waals surface area contributed by atoms with Gasteiger partial charge in [-0.1, -0.05) is 18.2 Å². The normalized spacial score (nSPS) is 15.3. The first-order chi connectivity index (χ1) is 12.1. The summed E-state index contributed by atoms with van der Waals surface area (Å²) >= 11 is 0. The van der Waals surface area contributed by atoms with Crippen molar-refractivity contribution in [3.05, 3.63) is 71.4 Å². The summed E-state index contributed by atoms with van der Waals surface area (Å²) in [4.78, 5) is 15.3. The molecule has 1 aliphatic carbocycles. The third-order valence-electron chi connectivity index (χ3n) is 5.00. The van der Waals surface area contributed by atoms with Crippen molar-refractivity contribution in [1.29, 1.82) is 0 Å². The molecule has 0 saturated heterocycles. The number of rotatable bonds is 5. The molecule has 3 nitrogen and oxygen atoms in total. The lowest BCUT2D eigenvalue weighted by Crippen LogP contribution is -2.33. The van der Waals surface area contributed by atoms with Crippen LogP contribution >= 0.6 is 0 Å². The molecule has 1 aromatic heterocycles. The largest absolute Gasteiger partial charge is 0.361 e. The molecule has 1 heterocycles. The highest BCUT2D eigenvalue weighted by molar-refractivity contribution is 5.85. The third kappa shape index (κ3) is 3.02. The van der Waals surface area contributed by atoms with Crippen LogP contribution in [-0.2, 0) is 16.6 Å². The van der Waals surface area contributed by atoms with Crippen molar-refractivity contribution < 1.29 is 13.6 Å². The first-order valence-corrected chi connectivity index (χ1v) is 8.35. The highest BCUT2D eigenvalue weighted by atomic mass is 19.1. The van der Waals surface area contributed by atoms with E-state index in [2.05, 4.69) is 10.3 Å². The summed E-state index contributed by atoms with van der Waals surface area (Å²) in [6.45, 7) is 0.505. The van der Waals surface area contributed by atoms with Gasteiger partial charge in [-0.15, -0.1) is 0 Å². The van der Waals surface area contributed by atoms with Crippen LogP contribution in [0.4, 0.5) is 8.78 Å². The number of aromatic amines is 1. The number of H-pyrrole nitrogens is 1. The zero-order valence-corrected chi connectivity index (χ0v) is 13.6. The molecule has 0 radical (unpaired) electrons. The van der Waals surface area contributed by atoms with Gasteiger partial charge in [-0.3, -0.25) is 4.79 Å². The number of hydrogen-bond acceptors (Lipinski definition) is 1. The van der Waals surface area contributed by atoms with Crippen LogP contribution in [0.25, 0.3) is 10.9 Å². The van der Waals surface area contributed by atoms with Crippen LogP contribution in [0.5, 0.6) is 0 Å². The molecule has 25 heavy (non-hydrogen) atoms. The number of carbonyl (C=O) groups is 1. The van der Waals surface area contributed by atoms with E-state index in [9.17, 15) is 13.6 Å². The Labute approximate surface area is 144 Å². The Morgan fingerprint density at radius 1 is 1.16 bits per heavy atom. The van der Waals surface area contributed by atoms with E-state index in [4.69, 9.17) is 0 Å². The van der Waals surface area contributed by atoms with E-state index in [0.29, 0.717) is 12.1 Å². The molecule has 5 heteroatoms. The van der Waals surface area contributed by atoms with Gasteiger partial charge >= 0.3 is 0 Å². The summed E-state index contributed by atoms with van der Waals surface area (Å²) < 4.78 is 27.0. The molecule has 1 amide bonds. The molecule has 0 spiro atoms. The van der Waals surface area contributed by atoms with Gasteiger partial charge in [-0.25, -0.2) is 8.78 Å². The zero-order chi connectivity index (χ0) is 17.4. The van der Waals surface area contributed by atoms with E-state index in [1.165, 1.54) is 18.2 Å². The Balaban J connectivity index is 1.47. The third-order valence-corrected chi connectivity index (χ3v) is 5.00. The number of carbonyl (C=O) groups excluding carboxylic acids is 1. The molecule has 4 rings (SSSR count). The van der Waals surface area contributed by atoms with E-state index in [0.717, 1.165) is 29.3 Å². The molecule has 3 aromatic rings. The molecular formula is C20H18F2N2O. The molecule has 128 valence electrons. The van der Waals surface area contributed by atoms with E-state index < -0.39 is 0 Å². The van der Waals surface area contributed by atoms with Gasteiger partial charge in [-0.05, 0) is 48.2 Å². The minimum Gasteiger partial charge on any atom is -0.361 e. The fourth-order valence-corrected chi connectivity index (χ4v) is 3.37. The number of halogens is 2. The standard InChI is InChI=1S/C20H18F2N2O/c21-14-5-6-15-16(11-23-18(15)10-14)20(7-8-20)12-24-19(25)9-13-3-1-2-4-17(13)22/h1-6,10-11,23H,7-9,12H2,(H,24,25). The van der Waals surface area contributed by atoms with Crippen LogP contribution < -0.4 is 5.32 Å². The number of benzene rings is 2. The first-order valence-electron chi connectivity index (χ1n) is 8.35. The molecule has 1 saturated carbocycles. The maximum absolute atomic E-state index is 13.7. The summed E-state index contributed by atoms with van der Waals surface area (Å²) in [5, 5.41) is 3.92. The average Bonchev–Trinajstić information content (AvgIpc) is 3.27. The van der Waals surface area contributed by atoms with Gasteiger partial charge < -0.3 is 10.3 Å². The van der Waals surface area contributed by atoms with Crippen LogP contribution in [0.3, 0.4) is 0 Å². The van der Waals surface area contributed by atoms with Crippen molar-refractivity contribution in [3.8, 4) is 0 Å². The van der Waals surface area contributed by atoms with E-state index in [-0.39, 0.29) is 29.4 Å². The molecule has 1 aliphatic rings. The van der Waals surface area contributed by atoms with Crippen LogP contribution in [-0.4, -0.2) is 17.4 Å². The van der Waals surface area contributed by atoms with Crippen molar-refractivity contribution in [2.24, 2.45) is 0 Å². The Bertz CT molecular complexity index is 944. The fourth-order valence-electron chi connectivity index (χ4n) is 3.37. The highest BCUT2D eigenvalue weighted by Gasteiger charge is 2.45. The van der Waals surface area contributed by atoms with E-state index in [1.54, 1.807) is 24.3 Å². The maximum atomic E-state index is 13.7. The van der Waals surface area contributed by atoms with Crippen LogP contribution in [0.15, 0.2) is 48.7 Å². The predicted octanol–water partition coefficient (Wildman–Crippen LogP) is 3.84. The molecule has 1 fully saturated rings. The Morgan fingerprint density at radius 2 is 1.96 bits per heavy atom. The van der Waals surface area contributed by atoms with Crippen molar-refractivity contribution in [3.63, 3.8) is 0 Å². The first kappa shape index (κ1) is 15.8. The van der Waals surface area contributed by atoms with Crippen molar-refractivity contribution in [1.82, 2.24) is 10.3 Å². The Hall–Kier alpha value is -2.69. The Kier molecular flexibility index (Phi) is 3.79. The lowest BCUT2D eigenvalue weighted by atomic mass is 9.95. The molecule has 0 aliphatic heterocycles. The Morgan fingerprint density at radius 3 is 2.72 bits per heavy atom. The van der Waals surface area contributed by atoms with E-state index in [1.807, 2.05) is 6.20 Å². The minimum atomic E-state index is -0.363. The van der Waals surface area contributed by atoms with Crippen molar-refractivity contribution >= 4 is 16.8 Å². The minimum absolute atomic E-state index is 0.0296. The second-order valence-electron chi connectivity index (χ2n) is 6.72. The van der Waals surface area contributed by atoms with Crippen molar-refractivity contribution in [2.75, 3.05) is 6.54 Å². The second-order valence-corrected chi connectivity index (χ2v) is 6.72. The van der Waals surface area contributed by atoms with Crippen LogP contribution in [0.2, 0.25) is 0 Å². The SMILES string of the molecule is O=C(Cc1ccccc1F)NCC1(c2c[nH]c3cc(F)ccc23)CC1. The molecule has 0 atom stereocenters.